The summed E-state index contributed by atoms with van der Waals surface area (Å²) in [7, 11) is -3.83. The van der Waals surface area contributed by atoms with Crippen molar-refractivity contribution in [2.75, 3.05) is 22.8 Å². The number of nitrogens with one attached hydrogen (secondary N) is 1. The zero-order valence-corrected chi connectivity index (χ0v) is 15.9. The zero-order chi connectivity index (χ0) is 19.5. The normalized spacial score (nSPS) is 20.9. The highest BCUT2D eigenvalue weighted by molar-refractivity contribution is 7.95. The van der Waals surface area contributed by atoms with Gasteiger partial charge in [0.1, 0.15) is 12.4 Å². The number of anilines is 2. The van der Waals surface area contributed by atoms with Gasteiger partial charge in [-0.15, -0.1) is 0 Å². The lowest BCUT2D eigenvalue weighted by atomic mass is 10.1. The van der Waals surface area contributed by atoms with Crippen molar-refractivity contribution in [2.24, 2.45) is 0 Å². The summed E-state index contributed by atoms with van der Waals surface area (Å²) in [6.07, 6.45) is 1.86. The molecule has 6 nitrogen and oxygen atoms in total. The van der Waals surface area contributed by atoms with Crippen LogP contribution in [0.3, 0.4) is 0 Å². The summed E-state index contributed by atoms with van der Waals surface area (Å²) in [6.45, 7) is 5.71. The maximum atomic E-state index is 13.1. The molecule has 1 heterocycles. The van der Waals surface area contributed by atoms with Crippen molar-refractivity contribution in [3.05, 3.63) is 67.3 Å². The van der Waals surface area contributed by atoms with Gasteiger partial charge >= 0.3 is 0 Å². The number of para-hydroxylation sites is 1. The molecule has 0 unspecified atom stereocenters. The van der Waals surface area contributed by atoms with Gasteiger partial charge in [-0.05, 0) is 49.7 Å². The van der Waals surface area contributed by atoms with E-state index in [1.807, 2.05) is 6.07 Å². The summed E-state index contributed by atoms with van der Waals surface area (Å²) in [5.74, 6) is 0.101. The SMILES string of the molecule is C=CCOc1ccc(NC(=O)[C@@]2(C)CCN(c3ccccc3)S2(=O)=O)cc1. The fraction of sp³-hybridized carbons (Fsp3) is 0.250. The van der Waals surface area contributed by atoms with E-state index in [-0.39, 0.29) is 13.0 Å². The van der Waals surface area contributed by atoms with Gasteiger partial charge in [-0.25, -0.2) is 8.42 Å². The first-order chi connectivity index (χ1) is 12.9. The average Bonchev–Trinajstić information content (AvgIpc) is 2.92. The number of nitrogens with zero attached hydrogens (tertiary/aromatic N) is 1. The van der Waals surface area contributed by atoms with E-state index in [0.717, 1.165) is 0 Å². The summed E-state index contributed by atoms with van der Waals surface area (Å²) >= 11 is 0. The predicted molar refractivity (Wildman–Crippen MR) is 106 cm³/mol. The molecule has 1 atom stereocenters. The van der Waals surface area contributed by atoms with E-state index in [0.29, 0.717) is 23.7 Å². The minimum atomic E-state index is -3.83. The number of carbonyl (C=O) groups excluding carboxylic acids is 1. The number of carbonyl (C=O) groups is 1. The molecule has 7 heteroatoms. The Bertz CT molecular complexity index is 926. The van der Waals surface area contributed by atoms with Crippen LogP contribution in [-0.4, -0.2) is 32.2 Å². The molecule has 0 aliphatic carbocycles. The van der Waals surface area contributed by atoms with E-state index in [9.17, 15) is 13.2 Å². The lowest BCUT2D eigenvalue weighted by Gasteiger charge is -2.25. The maximum Gasteiger partial charge on any atom is 0.249 e. The Balaban J connectivity index is 1.77. The van der Waals surface area contributed by atoms with Gasteiger partial charge in [-0.3, -0.25) is 9.10 Å². The monoisotopic (exact) mass is 386 g/mol. The number of sulfonamides is 1. The lowest BCUT2D eigenvalue weighted by Crippen LogP contribution is -2.47. The largest absolute Gasteiger partial charge is 0.490 e. The van der Waals surface area contributed by atoms with Crippen molar-refractivity contribution in [3.8, 4) is 5.75 Å². The van der Waals surface area contributed by atoms with E-state index in [4.69, 9.17) is 4.74 Å². The Kier molecular flexibility index (Phi) is 5.23. The maximum absolute atomic E-state index is 13.1. The van der Waals surface area contributed by atoms with Crippen molar-refractivity contribution in [1.82, 2.24) is 0 Å². The number of hydrogen-bond acceptors (Lipinski definition) is 4. The molecule has 2 aromatic rings. The van der Waals surface area contributed by atoms with Crippen molar-refractivity contribution in [2.45, 2.75) is 18.1 Å². The van der Waals surface area contributed by atoms with Crippen LogP contribution < -0.4 is 14.4 Å². The zero-order valence-electron chi connectivity index (χ0n) is 15.1. The molecule has 1 fully saturated rings. The molecule has 0 saturated carbocycles. The third kappa shape index (κ3) is 3.55. The van der Waals surface area contributed by atoms with Gasteiger partial charge in [0, 0.05) is 12.2 Å². The highest BCUT2D eigenvalue weighted by Gasteiger charge is 2.54. The van der Waals surface area contributed by atoms with Crippen molar-refractivity contribution in [1.29, 1.82) is 0 Å². The fourth-order valence-corrected chi connectivity index (χ4v) is 4.80. The molecule has 2 aromatic carbocycles. The topological polar surface area (TPSA) is 75.7 Å². The molecular weight excluding hydrogens is 364 g/mol. The summed E-state index contributed by atoms with van der Waals surface area (Å²) in [4.78, 5) is 12.8. The molecule has 1 saturated heterocycles. The summed E-state index contributed by atoms with van der Waals surface area (Å²) in [6, 6.07) is 15.6. The van der Waals surface area contributed by atoms with Crippen molar-refractivity contribution >= 4 is 27.3 Å². The molecule has 1 amide bonds. The second-order valence-electron chi connectivity index (χ2n) is 6.47. The van der Waals surface area contributed by atoms with E-state index in [1.54, 1.807) is 54.6 Å². The molecule has 1 aliphatic rings. The summed E-state index contributed by atoms with van der Waals surface area (Å²) in [5, 5.41) is 2.71. The summed E-state index contributed by atoms with van der Waals surface area (Å²) < 4.78 is 31.3. The van der Waals surface area contributed by atoms with Gasteiger partial charge in [0.2, 0.25) is 15.9 Å². The van der Waals surface area contributed by atoms with E-state index in [2.05, 4.69) is 11.9 Å². The Labute approximate surface area is 159 Å². The van der Waals surface area contributed by atoms with Gasteiger partial charge < -0.3 is 10.1 Å². The Hall–Kier alpha value is -2.80. The van der Waals surface area contributed by atoms with Crippen LogP contribution in [0.1, 0.15) is 13.3 Å². The van der Waals surface area contributed by atoms with E-state index < -0.39 is 20.7 Å². The van der Waals surface area contributed by atoms with Crippen LogP contribution in [0.25, 0.3) is 0 Å². The first-order valence-electron chi connectivity index (χ1n) is 8.61. The number of rotatable bonds is 6. The number of benzene rings is 2. The smallest absolute Gasteiger partial charge is 0.249 e. The van der Waals surface area contributed by atoms with Crippen LogP contribution in [0.15, 0.2) is 67.3 Å². The summed E-state index contributed by atoms with van der Waals surface area (Å²) in [5.41, 5.74) is 1.08. The van der Waals surface area contributed by atoms with E-state index >= 15 is 0 Å². The number of hydrogen-bond donors (Lipinski definition) is 1. The molecule has 1 aliphatic heterocycles. The molecule has 1 N–H and O–H groups in total. The second kappa shape index (κ2) is 7.44. The molecule has 27 heavy (non-hydrogen) atoms. The highest BCUT2D eigenvalue weighted by atomic mass is 32.2. The first kappa shape index (κ1) is 19.0. The third-order valence-corrected chi connectivity index (χ3v) is 7.16. The average molecular weight is 386 g/mol. The first-order valence-corrected chi connectivity index (χ1v) is 10.0. The Morgan fingerprint density at radius 3 is 2.52 bits per heavy atom. The minimum Gasteiger partial charge on any atom is -0.490 e. The Morgan fingerprint density at radius 1 is 1.22 bits per heavy atom. The lowest BCUT2D eigenvalue weighted by molar-refractivity contribution is -0.118. The molecule has 0 spiro atoms. The van der Waals surface area contributed by atoms with Crippen LogP contribution in [-0.2, 0) is 14.8 Å². The predicted octanol–water partition coefficient (Wildman–Crippen LogP) is 3.19. The van der Waals surface area contributed by atoms with Crippen LogP contribution in [0.4, 0.5) is 11.4 Å². The molecule has 0 bridgehead atoms. The van der Waals surface area contributed by atoms with Gasteiger partial charge in [-0.1, -0.05) is 30.9 Å². The molecule has 0 aromatic heterocycles. The van der Waals surface area contributed by atoms with Crippen LogP contribution >= 0.6 is 0 Å². The highest BCUT2D eigenvalue weighted by Crippen LogP contribution is 2.37. The van der Waals surface area contributed by atoms with Gasteiger partial charge in [0.25, 0.3) is 0 Å². The second-order valence-corrected chi connectivity index (χ2v) is 8.76. The standard InChI is InChI=1S/C20H22N2O4S/c1-3-15-26-18-11-9-16(10-12-18)21-19(23)20(2)13-14-22(27(20,24)25)17-7-5-4-6-8-17/h3-12H,1,13-15H2,2H3,(H,21,23)/t20-/m1/s1. The van der Waals surface area contributed by atoms with Crippen LogP contribution in [0.2, 0.25) is 0 Å². The van der Waals surface area contributed by atoms with Crippen LogP contribution in [0, 0.1) is 0 Å². The molecule has 3 rings (SSSR count). The minimum absolute atomic E-state index is 0.219. The van der Waals surface area contributed by atoms with Gasteiger partial charge in [0.05, 0.1) is 5.69 Å². The van der Waals surface area contributed by atoms with Crippen molar-refractivity contribution in [3.63, 3.8) is 0 Å². The molecule has 0 radical (unpaired) electrons. The number of ether oxygens (including phenoxy) is 1. The van der Waals surface area contributed by atoms with Gasteiger partial charge in [0.15, 0.2) is 4.75 Å². The molecule has 142 valence electrons. The van der Waals surface area contributed by atoms with Crippen molar-refractivity contribution < 1.29 is 17.9 Å². The number of amides is 1. The van der Waals surface area contributed by atoms with Crippen LogP contribution in [0.5, 0.6) is 5.75 Å². The fourth-order valence-electron chi connectivity index (χ4n) is 2.95. The van der Waals surface area contributed by atoms with E-state index in [1.165, 1.54) is 11.2 Å². The Morgan fingerprint density at radius 2 is 1.89 bits per heavy atom. The quantitative estimate of drug-likeness (QED) is 0.774. The van der Waals surface area contributed by atoms with Gasteiger partial charge in [-0.2, -0.15) is 0 Å². The molecular formula is C20H22N2O4S. The third-order valence-electron chi connectivity index (χ3n) is 4.66.